The van der Waals surface area contributed by atoms with Gasteiger partial charge in [-0.25, -0.2) is 4.98 Å². The van der Waals surface area contributed by atoms with E-state index in [9.17, 15) is 4.79 Å². The van der Waals surface area contributed by atoms with Gasteiger partial charge in [-0.05, 0) is 26.2 Å². The minimum Gasteiger partial charge on any atom is -0.342 e. The first-order chi connectivity index (χ1) is 11.6. The molecule has 2 aromatic heterocycles. The number of piperidine rings is 1. The first-order valence-corrected chi connectivity index (χ1v) is 9.47. The number of carbonyl (C=O) groups excluding carboxylic acids is 1. The second kappa shape index (κ2) is 7.42. The lowest BCUT2D eigenvalue weighted by Gasteiger charge is -2.32. The Morgan fingerprint density at radius 3 is 3.04 bits per heavy atom. The van der Waals surface area contributed by atoms with E-state index in [0.29, 0.717) is 24.7 Å². The lowest BCUT2D eigenvalue weighted by Crippen LogP contribution is -2.41. The van der Waals surface area contributed by atoms with Crippen LogP contribution in [0.2, 0.25) is 0 Å². The summed E-state index contributed by atoms with van der Waals surface area (Å²) >= 11 is 1.63. The highest BCUT2D eigenvalue weighted by atomic mass is 32.1. The number of rotatable bonds is 5. The van der Waals surface area contributed by atoms with Crippen molar-refractivity contribution >= 4 is 17.2 Å². The predicted molar refractivity (Wildman–Crippen MR) is 92.0 cm³/mol. The molecule has 0 saturated carbocycles. The Kier molecular flexibility index (Phi) is 5.28. The highest BCUT2D eigenvalue weighted by Crippen LogP contribution is 2.27. The average Bonchev–Trinajstić information content (AvgIpc) is 3.23. The summed E-state index contributed by atoms with van der Waals surface area (Å²) in [6.07, 6.45) is 3.44. The molecule has 6 nitrogen and oxygen atoms in total. The van der Waals surface area contributed by atoms with Gasteiger partial charge in [0.1, 0.15) is 0 Å². The molecule has 1 amide bonds. The van der Waals surface area contributed by atoms with E-state index in [2.05, 4.69) is 22.0 Å². The van der Waals surface area contributed by atoms with Gasteiger partial charge >= 0.3 is 0 Å². The van der Waals surface area contributed by atoms with Crippen LogP contribution in [0.15, 0.2) is 9.90 Å². The van der Waals surface area contributed by atoms with Crippen LogP contribution in [0, 0.1) is 12.8 Å². The quantitative estimate of drug-likeness (QED) is 0.830. The number of thiazole rings is 1. The Labute approximate surface area is 146 Å². The Hall–Kier alpha value is -1.76. The molecule has 0 N–H and O–H groups in total. The minimum atomic E-state index is 0.0786. The van der Waals surface area contributed by atoms with Gasteiger partial charge in [-0.3, -0.25) is 4.79 Å². The summed E-state index contributed by atoms with van der Waals surface area (Å²) in [6.45, 7) is 7.54. The first kappa shape index (κ1) is 17.1. The lowest BCUT2D eigenvalue weighted by atomic mass is 9.96. The zero-order chi connectivity index (χ0) is 17.1. The molecule has 7 heteroatoms. The maximum atomic E-state index is 12.4. The third-order valence-corrected chi connectivity index (χ3v) is 5.43. The normalized spacial score (nSPS) is 19.5. The van der Waals surface area contributed by atoms with Crippen LogP contribution < -0.4 is 0 Å². The fourth-order valence-electron chi connectivity index (χ4n) is 3.02. The highest BCUT2D eigenvalue weighted by Gasteiger charge is 2.30. The molecule has 0 aromatic carbocycles. The second-order valence-electron chi connectivity index (χ2n) is 6.52. The molecule has 0 spiro atoms. The number of hydrogen-bond acceptors (Lipinski definition) is 6. The molecule has 0 radical (unpaired) electrons. The number of nitrogens with zero attached hydrogens (tertiary/aromatic N) is 4. The molecule has 1 fully saturated rings. The van der Waals surface area contributed by atoms with Crippen LogP contribution in [-0.2, 0) is 11.2 Å². The molecule has 3 rings (SSSR count). The molecular formula is C17H24N4O2S. The maximum absolute atomic E-state index is 12.4. The lowest BCUT2D eigenvalue weighted by molar-refractivity contribution is -0.136. The third kappa shape index (κ3) is 3.83. The van der Waals surface area contributed by atoms with Gasteiger partial charge in [0.15, 0.2) is 5.82 Å². The van der Waals surface area contributed by atoms with Gasteiger partial charge in [-0.1, -0.05) is 19.0 Å². The topological polar surface area (TPSA) is 72.1 Å². The van der Waals surface area contributed by atoms with E-state index < -0.39 is 0 Å². The zero-order valence-corrected chi connectivity index (χ0v) is 15.3. The van der Waals surface area contributed by atoms with Crippen LogP contribution >= 0.6 is 11.3 Å². The zero-order valence-electron chi connectivity index (χ0n) is 14.5. The largest absolute Gasteiger partial charge is 0.342 e. The van der Waals surface area contributed by atoms with Crippen molar-refractivity contribution in [1.82, 2.24) is 20.0 Å². The summed E-state index contributed by atoms with van der Waals surface area (Å²) in [6, 6.07) is 0. The molecule has 1 aliphatic rings. The molecule has 2 atom stereocenters. The van der Waals surface area contributed by atoms with Crippen LogP contribution in [0.3, 0.4) is 0 Å². The molecule has 1 aliphatic heterocycles. The SMILES string of the molecule is CC[C@@H](C)C(=O)N1CCC[C@@H](c2nc(Cc3csc(C)n3)no2)C1. The number of hydrogen-bond donors (Lipinski definition) is 0. The minimum absolute atomic E-state index is 0.0786. The van der Waals surface area contributed by atoms with Crippen molar-refractivity contribution in [2.45, 2.75) is 52.4 Å². The van der Waals surface area contributed by atoms with Crippen molar-refractivity contribution in [3.63, 3.8) is 0 Å². The number of carbonyl (C=O) groups is 1. The number of likely N-dealkylation sites (tertiary alicyclic amines) is 1. The van der Waals surface area contributed by atoms with Crippen molar-refractivity contribution in [3.05, 3.63) is 27.8 Å². The molecule has 2 aromatic rings. The van der Waals surface area contributed by atoms with Gasteiger partial charge in [0.2, 0.25) is 11.8 Å². The van der Waals surface area contributed by atoms with Crippen molar-refractivity contribution in [3.8, 4) is 0 Å². The summed E-state index contributed by atoms with van der Waals surface area (Å²) in [7, 11) is 0. The molecule has 3 heterocycles. The van der Waals surface area contributed by atoms with Gasteiger partial charge in [0.05, 0.1) is 23.0 Å². The summed E-state index contributed by atoms with van der Waals surface area (Å²) in [5.74, 6) is 1.78. The average molecular weight is 348 g/mol. The molecule has 24 heavy (non-hydrogen) atoms. The molecule has 1 saturated heterocycles. The summed E-state index contributed by atoms with van der Waals surface area (Å²) in [5.41, 5.74) is 0.974. The van der Waals surface area contributed by atoms with Gasteiger partial charge in [-0.15, -0.1) is 11.3 Å². The Balaban J connectivity index is 1.65. The predicted octanol–water partition coefficient (Wildman–Crippen LogP) is 3.18. The monoisotopic (exact) mass is 348 g/mol. The molecule has 0 aliphatic carbocycles. The maximum Gasteiger partial charge on any atom is 0.231 e. The first-order valence-electron chi connectivity index (χ1n) is 8.59. The van der Waals surface area contributed by atoms with Gasteiger partial charge < -0.3 is 9.42 Å². The summed E-state index contributed by atoms with van der Waals surface area (Å²) in [4.78, 5) is 23.3. The van der Waals surface area contributed by atoms with Crippen LogP contribution in [0.4, 0.5) is 0 Å². The molecule has 0 bridgehead atoms. The van der Waals surface area contributed by atoms with E-state index in [4.69, 9.17) is 4.52 Å². The second-order valence-corrected chi connectivity index (χ2v) is 7.58. The van der Waals surface area contributed by atoms with Crippen molar-refractivity contribution in [2.75, 3.05) is 13.1 Å². The number of aryl methyl sites for hydroxylation is 1. The Morgan fingerprint density at radius 1 is 1.50 bits per heavy atom. The summed E-state index contributed by atoms with van der Waals surface area (Å²) < 4.78 is 5.47. The molecular weight excluding hydrogens is 324 g/mol. The van der Waals surface area contributed by atoms with Crippen LogP contribution in [0.5, 0.6) is 0 Å². The van der Waals surface area contributed by atoms with E-state index in [1.165, 1.54) is 0 Å². The van der Waals surface area contributed by atoms with Gasteiger partial charge in [0, 0.05) is 24.4 Å². The van der Waals surface area contributed by atoms with E-state index in [1.807, 2.05) is 24.1 Å². The van der Waals surface area contributed by atoms with Gasteiger partial charge in [0.25, 0.3) is 0 Å². The van der Waals surface area contributed by atoms with Crippen molar-refractivity contribution in [2.24, 2.45) is 5.92 Å². The van der Waals surface area contributed by atoms with E-state index in [1.54, 1.807) is 11.3 Å². The standard InChI is InChI=1S/C17H24N4O2S/c1-4-11(2)17(22)21-7-5-6-13(9-21)16-19-15(20-23-16)8-14-10-24-12(3)18-14/h10-11,13H,4-9H2,1-3H3/t11-,13-/m1/s1. The highest BCUT2D eigenvalue weighted by molar-refractivity contribution is 7.09. The number of aromatic nitrogens is 3. The van der Waals surface area contributed by atoms with Crippen molar-refractivity contribution in [1.29, 1.82) is 0 Å². The van der Waals surface area contributed by atoms with Crippen LogP contribution in [0.25, 0.3) is 0 Å². The molecule has 0 unspecified atom stereocenters. The Bertz CT molecular complexity index is 696. The summed E-state index contributed by atoms with van der Waals surface area (Å²) in [5, 5.41) is 7.16. The fourth-order valence-corrected chi connectivity index (χ4v) is 3.63. The third-order valence-electron chi connectivity index (χ3n) is 4.61. The molecule has 130 valence electrons. The van der Waals surface area contributed by atoms with Crippen LogP contribution in [-0.4, -0.2) is 39.0 Å². The smallest absolute Gasteiger partial charge is 0.231 e. The van der Waals surface area contributed by atoms with E-state index in [0.717, 1.165) is 36.5 Å². The van der Waals surface area contributed by atoms with E-state index in [-0.39, 0.29) is 17.7 Å². The van der Waals surface area contributed by atoms with Crippen LogP contribution in [0.1, 0.15) is 61.4 Å². The Morgan fingerprint density at radius 2 is 2.33 bits per heavy atom. The van der Waals surface area contributed by atoms with Gasteiger partial charge in [-0.2, -0.15) is 4.98 Å². The van der Waals surface area contributed by atoms with E-state index >= 15 is 0 Å². The fraction of sp³-hybridized carbons (Fsp3) is 0.647. The number of amides is 1. The van der Waals surface area contributed by atoms with Crippen molar-refractivity contribution < 1.29 is 9.32 Å².